The maximum absolute atomic E-state index is 13.5. The van der Waals surface area contributed by atoms with E-state index in [1.165, 1.54) is 12.1 Å². The topological polar surface area (TPSA) is 94.2 Å². The van der Waals surface area contributed by atoms with Crippen molar-refractivity contribution in [1.82, 2.24) is 25.3 Å². The lowest BCUT2D eigenvalue weighted by Crippen LogP contribution is -2.54. The van der Waals surface area contributed by atoms with Crippen LogP contribution in [-0.4, -0.2) is 64.2 Å². The highest BCUT2D eigenvalue weighted by atomic mass is 19.3. The fourth-order valence-electron chi connectivity index (χ4n) is 4.43. The summed E-state index contributed by atoms with van der Waals surface area (Å²) >= 11 is 0. The second kappa shape index (κ2) is 8.23. The number of aryl methyl sites for hydroxylation is 1. The van der Waals surface area contributed by atoms with Gasteiger partial charge in [-0.05, 0) is 30.1 Å². The van der Waals surface area contributed by atoms with Gasteiger partial charge in [0.2, 0.25) is 5.92 Å². The number of aromatic amines is 1. The molecule has 1 aromatic carbocycles. The molecule has 3 aromatic rings. The molecule has 5 rings (SSSR count). The summed E-state index contributed by atoms with van der Waals surface area (Å²) in [6.07, 6.45) is 0.213. The van der Waals surface area contributed by atoms with E-state index < -0.39 is 5.92 Å². The fourth-order valence-corrected chi connectivity index (χ4v) is 4.43. The van der Waals surface area contributed by atoms with Crippen LogP contribution >= 0.6 is 0 Å². The molecular weight excluding hydrogens is 439 g/mol. The van der Waals surface area contributed by atoms with Crippen molar-refractivity contribution in [3.63, 3.8) is 0 Å². The standard InChI is InChI=1S/C21H24F3N7O2/c1-29-16-3-2-13(22)12-15(16)26-18(29)17-27-20(33-28-17)31-10-8-30(9-11-31)19(32)25-14-4-6-21(23,24)7-5-14/h2-3,12,14H,4-11H2,1H3,(H,25,32)/p+1. The Morgan fingerprint density at radius 3 is 2.70 bits per heavy atom. The van der Waals surface area contributed by atoms with Gasteiger partial charge < -0.3 is 19.6 Å². The van der Waals surface area contributed by atoms with Gasteiger partial charge in [0, 0.05) is 51.1 Å². The van der Waals surface area contributed by atoms with Gasteiger partial charge in [-0.2, -0.15) is 4.98 Å². The molecule has 33 heavy (non-hydrogen) atoms. The predicted octanol–water partition coefficient (Wildman–Crippen LogP) is 2.59. The molecule has 3 heterocycles. The molecule has 9 nitrogen and oxygen atoms in total. The minimum absolute atomic E-state index is 0.186. The zero-order chi connectivity index (χ0) is 23.2. The number of alkyl halides is 2. The van der Waals surface area contributed by atoms with Gasteiger partial charge in [0.05, 0.1) is 7.05 Å². The van der Waals surface area contributed by atoms with Crippen molar-refractivity contribution in [2.45, 2.75) is 37.6 Å². The summed E-state index contributed by atoms with van der Waals surface area (Å²) in [6.45, 7) is 1.90. The molecule has 1 aliphatic heterocycles. The van der Waals surface area contributed by atoms with Crippen molar-refractivity contribution in [2.24, 2.45) is 7.05 Å². The third-order valence-corrected chi connectivity index (χ3v) is 6.42. The van der Waals surface area contributed by atoms with Gasteiger partial charge in [0.1, 0.15) is 5.82 Å². The smallest absolute Gasteiger partial charge is 0.329 e. The molecule has 2 fully saturated rings. The highest BCUT2D eigenvalue weighted by Crippen LogP contribution is 2.33. The van der Waals surface area contributed by atoms with Crippen LogP contribution < -0.4 is 14.8 Å². The Kier molecular flexibility index (Phi) is 5.37. The average molecular weight is 464 g/mol. The van der Waals surface area contributed by atoms with Gasteiger partial charge in [-0.25, -0.2) is 27.5 Å². The van der Waals surface area contributed by atoms with Crippen LogP contribution in [-0.2, 0) is 7.05 Å². The van der Waals surface area contributed by atoms with Crippen LogP contribution in [0.5, 0.6) is 0 Å². The Labute approximate surface area is 187 Å². The number of aromatic nitrogens is 4. The van der Waals surface area contributed by atoms with Crippen LogP contribution in [0, 0.1) is 5.82 Å². The number of fused-ring (bicyclic) bond motifs is 1. The lowest BCUT2D eigenvalue weighted by atomic mass is 9.92. The molecule has 2 aromatic heterocycles. The number of rotatable bonds is 3. The molecule has 1 aliphatic carbocycles. The first-order valence-corrected chi connectivity index (χ1v) is 11.0. The average Bonchev–Trinajstić information content (AvgIpc) is 3.40. The molecule has 12 heteroatoms. The van der Waals surface area contributed by atoms with E-state index in [9.17, 15) is 18.0 Å². The molecule has 2 N–H and O–H groups in total. The number of carbonyl (C=O) groups excluding carboxylic acids is 1. The number of halogens is 3. The Morgan fingerprint density at radius 2 is 1.97 bits per heavy atom. The zero-order valence-corrected chi connectivity index (χ0v) is 18.2. The number of hydrogen-bond donors (Lipinski definition) is 2. The van der Waals surface area contributed by atoms with E-state index in [1.54, 1.807) is 11.0 Å². The zero-order valence-electron chi connectivity index (χ0n) is 18.2. The number of nitrogens with one attached hydrogen (secondary N) is 2. The van der Waals surface area contributed by atoms with Gasteiger partial charge in [-0.15, -0.1) is 0 Å². The van der Waals surface area contributed by atoms with Crippen LogP contribution in [0.15, 0.2) is 22.7 Å². The number of H-pyrrole nitrogens is 1. The van der Waals surface area contributed by atoms with Gasteiger partial charge in [-0.1, -0.05) is 0 Å². The monoisotopic (exact) mass is 464 g/mol. The van der Waals surface area contributed by atoms with Crippen molar-refractivity contribution in [1.29, 1.82) is 0 Å². The van der Waals surface area contributed by atoms with Crippen molar-refractivity contribution in [3.8, 4) is 11.6 Å². The number of urea groups is 1. The van der Waals surface area contributed by atoms with E-state index in [4.69, 9.17) is 4.52 Å². The van der Waals surface area contributed by atoms with Crippen LogP contribution in [0.4, 0.5) is 24.0 Å². The largest absolute Gasteiger partial charge is 0.335 e. The molecule has 0 atom stereocenters. The Balaban J connectivity index is 1.19. The summed E-state index contributed by atoms with van der Waals surface area (Å²) in [7, 11) is 1.83. The highest BCUT2D eigenvalue weighted by Gasteiger charge is 2.36. The lowest BCUT2D eigenvalue weighted by molar-refractivity contribution is -0.633. The van der Waals surface area contributed by atoms with Gasteiger partial charge in [0.25, 0.3) is 5.82 Å². The maximum Gasteiger partial charge on any atom is 0.329 e. The lowest BCUT2D eigenvalue weighted by Gasteiger charge is -2.35. The summed E-state index contributed by atoms with van der Waals surface area (Å²) < 4.78 is 47.4. The quantitative estimate of drug-likeness (QED) is 0.582. The summed E-state index contributed by atoms with van der Waals surface area (Å²) in [5, 5.41) is 6.94. The normalized spacial score (nSPS) is 19.3. The summed E-state index contributed by atoms with van der Waals surface area (Å²) in [5.74, 6) is -2.02. The minimum atomic E-state index is -2.62. The number of imidazole rings is 1. The molecule has 2 aliphatic rings. The maximum atomic E-state index is 13.5. The number of benzene rings is 1. The van der Waals surface area contributed by atoms with Crippen molar-refractivity contribution in [2.75, 3.05) is 31.1 Å². The van der Waals surface area contributed by atoms with E-state index in [-0.39, 0.29) is 30.7 Å². The molecule has 0 radical (unpaired) electrons. The fraction of sp³-hybridized carbons (Fsp3) is 0.524. The number of carbonyl (C=O) groups is 1. The predicted molar refractivity (Wildman–Crippen MR) is 112 cm³/mol. The van der Waals surface area contributed by atoms with Crippen LogP contribution in [0.1, 0.15) is 25.7 Å². The first-order chi connectivity index (χ1) is 15.8. The van der Waals surface area contributed by atoms with E-state index in [2.05, 4.69) is 20.4 Å². The molecular formula is C21H25F3N7O2+. The van der Waals surface area contributed by atoms with E-state index in [0.29, 0.717) is 62.2 Å². The summed E-state index contributed by atoms with van der Waals surface area (Å²) in [5.41, 5.74) is 1.43. The van der Waals surface area contributed by atoms with E-state index in [0.717, 1.165) is 5.52 Å². The number of anilines is 1. The highest BCUT2D eigenvalue weighted by molar-refractivity contribution is 5.75. The number of amides is 2. The van der Waals surface area contributed by atoms with Gasteiger partial charge in [-0.3, -0.25) is 0 Å². The number of nitrogens with zero attached hydrogens (tertiary/aromatic N) is 5. The van der Waals surface area contributed by atoms with E-state index in [1.807, 2.05) is 16.5 Å². The second-order valence-corrected chi connectivity index (χ2v) is 8.65. The van der Waals surface area contributed by atoms with Crippen LogP contribution in [0.25, 0.3) is 22.7 Å². The van der Waals surface area contributed by atoms with Gasteiger partial charge in [0.15, 0.2) is 11.0 Å². The van der Waals surface area contributed by atoms with Crippen molar-refractivity contribution >= 4 is 23.1 Å². The number of hydrogen-bond acceptors (Lipinski definition) is 5. The van der Waals surface area contributed by atoms with Crippen molar-refractivity contribution < 1.29 is 27.1 Å². The molecule has 0 bridgehead atoms. The Hall–Kier alpha value is -3.31. The van der Waals surface area contributed by atoms with Crippen molar-refractivity contribution in [3.05, 3.63) is 24.0 Å². The van der Waals surface area contributed by atoms with Crippen LogP contribution in [0.2, 0.25) is 0 Å². The van der Waals surface area contributed by atoms with E-state index >= 15 is 0 Å². The molecule has 2 amide bonds. The molecule has 0 spiro atoms. The SMILES string of the molecule is C[n+]1c(-c2noc(N3CCN(C(=O)NC4CCC(F)(F)CC4)CC3)n2)[nH]c2cc(F)ccc21. The molecule has 176 valence electrons. The van der Waals surface area contributed by atoms with Crippen LogP contribution in [0.3, 0.4) is 0 Å². The number of piperazine rings is 1. The first kappa shape index (κ1) is 21.5. The summed E-state index contributed by atoms with van der Waals surface area (Å²) in [6, 6.07) is 4.37. The summed E-state index contributed by atoms with van der Waals surface area (Å²) in [4.78, 5) is 23.7. The third kappa shape index (κ3) is 4.33. The molecule has 0 unspecified atom stereocenters. The Morgan fingerprint density at radius 1 is 1.24 bits per heavy atom. The second-order valence-electron chi connectivity index (χ2n) is 8.65. The first-order valence-electron chi connectivity index (χ1n) is 11.0. The minimum Gasteiger partial charge on any atom is -0.335 e. The Bertz CT molecular complexity index is 1160. The third-order valence-electron chi connectivity index (χ3n) is 6.42. The molecule has 1 saturated carbocycles. The molecule has 1 saturated heterocycles. The van der Waals surface area contributed by atoms with Gasteiger partial charge >= 0.3 is 17.9 Å².